The van der Waals surface area contributed by atoms with Gasteiger partial charge in [-0.2, -0.15) is 4.31 Å². The molecular weight excluding hydrogens is 432 g/mol. The average molecular weight is 461 g/mol. The molecule has 0 unspecified atom stereocenters. The number of sulfonamides is 1. The van der Waals surface area contributed by atoms with Crippen molar-refractivity contribution in [3.63, 3.8) is 0 Å². The molecule has 172 valence electrons. The van der Waals surface area contributed by atoms with Crippen LogP contribution in [0.25, 0.3) is 0 Å². The first kappa shape index (κ1) is 23.7. The van der Waals surface area contributed by atoms with Crippen LogP contribution >= 0.6 is 0 Å². The lowest BCUT2D eigenvalue weighted by molar-refractivity contribution is 0.0527. The summed E-state index contributed by atoms with van der Waals surface area (Å²) in [7, 11) is -2.34. The highest BCUT2D eigenvalue weighted by molar-refractivity contribution is 7.89. The normalized spacial score (nSPS) is 14.9. The van der Waals surface area contributed by atoms with Crippen LogP contribution in [0.2, 0.25) is 0 Å². The molecule has 0 aromatic heterocycles. The Balaban J connectivity index is 1.93. The van der Waals surface area contributed by atoms with Gasteiger partial charge >= 0.3 is 5.97 Å². The number of hydrogen-bond acceptors (Lipinski definition) is 6. The molecule has 1 aliphatic heterocycles. The van der Waals surface area contributed by atoms with Crippen LogP contribution < -0.4 is 10.1 Å². The quantitative estimate of drug-likeness (QED) is 0.633. The van der Waals surface area contributed by atoms with E-state index in [0.717, 1.165) is 25.7 Å². The van der Waals surface area contributed by atoms with E-state index in [4.69, 9.17) is 9.47 Å². The van der Waals surface area contributed by atoms with Gasteiger partial charge in [0, 0.05) is 13.1 Å². The van der Waals surface area contributed by atoms with Crippen molar-refractivity contribution in [3.05, 3.63) is 53.6 Å². The molecule has 1 aliphatic rings. The molecule has 0 aliphatic carbocycles. The summed E-state index contributed by atoms with van der Waals surface area (Å²) >= 11 is 0. The van der Waals surface area contributed by atoms with Gasteiger partial charge in [-0.25, -0.2) is 13.2 Å². The fourth-order valence-corrected chi connectivity index (χ4v) is 5.17. The summed E-state index contributed by atoms with van der Waals surface area (Å²) in [6, 6.07) is 10.7. The minimum Gasteiger partial charge on any atom is -0.496 e. The van der Waals surface area contributed by atoms with Gasteiger partial charge in [0.05, 0.1) is 35.4 Å². The van der Waals surface area contributed by atoms with Gasteiger partial charge in [-0.3, -0.25) is 4.79 Å². The number of methoxy groups -OCH3 is 1. The molecule has 8 nitrogen and oxygen atoms in total. The number of amides is 1. The van der Waals surface area contributed by atoms with Crippen molar-refractivity contribution in [2.45, 2.75) is 37.5 Å². The Kier molecular flexibility index (Phi) is 7.87. The van der Waals surface area contributed by atoms with Crippen molar-refractivity contribution in [1.29, 1.82) is 0 Å². The number of anilines is 1. The van der Waals surface area contributed by atoms with Gasteiger partial charge in [-0.1, -0.05) is 25.0 Å². The van der Waals surface area contributed by atoms with E-state index in [0.29, 0.717) is 13.1 Å². The number of rotatable bonds is 7. The molecule has 0 saturated carbocycles. The van der Waals surface area contributed by atoms with Crippen LogP contribution in [0.3, 0.4) is 0 Å². The second-order valence-electron chi connectivity index (χ2n) is 7.40. The Morgan fingerprint density at radius 2 is 1.69 bits per heavy atom. The predicted molar refractivity (Wildman–Crippen MR) is 121 cm³/mol. The van der Waals surface area contributed by atoms with Crippen LogP contribution in [0.15, 0.2) is 47.4 Å². The first-order valence-corrected chi connectivity index (χ1v) is 12.1. The number of carbonyl (C=O) groups excluding carboxylic acids is 2. The Bertz CT molecular complexity index is 1080. The molecule has 2 aromatic carbocycles. The van der Waals surface area contributed by atoms with Gasteiger partial charge < -0.3 is 14.8 Å². The van der Waals surface area contributed by atoms with Gasteiger partial charge in [0.25, 0.3) is 5.91 Å². The SMILES string of the molecule is CCOC(=O)c1ccccc1NC(=O)c1cc(S(=O)(=O)N2CCCCCC2)ccc1OC. The van der Waals surface area contributed by atoms with Crippen LogP contribution in [0.4, 0.5) is 5.69 Å². The number of nitrogens with zero attached hydrogens (tertiary/aromatic N) is 1. The van der Waals surface area contributed by atoms with Crippen LogP contribution in [0.5, 0.6) is 5.75 Å². The molecule has 1 heterocycles. The minimum atomic E-state index is -3.74. The van der Waals surface area contributed by atoms with Crippen LogP contribution in [-0.4, -0.2) is 51.4 Å². The largest absolute Gasteiger partial charge is 0.496 e. The third-order valence-corrected chi connectivity index (χ3v) is 7.18. The molecule has 0 spiro atoms. The molecule has 32 heavy (non-hydrogen) atoms. The summed E-state index contributed by atoms with van der Waals surface area (Å²) in [6.45, 7) is 2.82. The molecular formula is C23H28N2O6S. The number of para-hydroxylation sites is 1. The standard InChI is InChI=1S/C23H28N2O6S/c1-3-31-23(27)18-10-6-7-11-20(18)24-22(26)19-16-17(12-13-21(19)30-2)32(28,29)25-14-8-4-5-9-15-25/h6-7,10-13,16H,3-5,8-9,14-15H2,1-2H3,(H,24,26). The van der Waals surface area contributed by atoms with E-state index < -0.39 is 21.9 Å². The Morgan fingerprint density at radius 1 is 1.00 bits per heavy atom. The van der Waals surface area contributed by atoms with E-state index in [-0.39, 0.29) is 34.1 Å². The first-order valence-electron chi connectivity index (χ1n) is 10.6. The van der Waals surface area contributed by atoms with E-state index in [9.17, 15) is 18.0 Å². The van der Waals surface area contributed by atoms with E-state index in [1.54, 1.807) is 31.2 Å². The zero-order chi connectivity index (χ0) is 23.1. The van der Waals surface area contributed by atoms with Gasteiger partial charge in [0.1, 0.15) is 5.75 Å². The maximum absolute atomic E-state index is 13.2. The second kappa shape index (κ2) is 10.6. The van der Waals surface area contributed by atoms with Crippen molar-refractivity contribution in [2.75, 3.05) is 32.1 Å². The van der Waals surface area contributed by atoms with E-state index in [1.807, 2.05) is 0 Å². The number of ether oxygens (including phenoxy) is 2. The summed E-state index contributed by atoms with van der Waals surface area (Å²) in [6.07, 6.45) is 3.63. The van der Waals surface area contributed by atoms with E-state index >= 15 is 0 Å². The Labute approximate surface area is 188 Å². The summed E-state index contributed by atoms with van der Waals surface area (Å²) < 4.78 is 38.2. The zero-order valence-corrected chi connectivity index (χ0v) is 19.1. The lowest BCUT2D eigenvalue weighted by Gasteiger charge is -2.21. The highest BCUT2D eigenvalue weighted by atomic mass is 32.2. The third kappa shape index (κ3) is 5.28. The smallest absolute Gasteiger partial charge is 0.340 e. The topological polar surface area (TPSA) is 102 Å². The van der Waals surface area contributed by atoms with Gasteiger partial charge in [-0.15, -0.1) is 0 Å². The Morgan fingerprint density at radius 3 is 2.34 bits per heavy atom. The highest BCUT2D eigenvalue weighted by Crippen LogP contribution is 2.27. The molecule has 3 rings (SSSR count). The molecule has 9 heteroatoms. The summed E-state index contributed by atoms with van der Waals surface area (Å²) in [4.78, 5) is 25.3. The van der Waals surface area contributed by atoms with Crippen molar-refractivity contribution < 1.29 is 27.5 Å². The Hall–Kier alpha value is -2.91. The van der Waals surface area contributed by atoms with Gasteiger partial charge in [0.2, 0.25) is 10.0 Å². The van der Waals surface area contributed by atoms with Gasteiger partial charge in [-0.05, 0) is 50.1 Å². The van der Waals surface area contributed by atoms with E-state index in [2.05, 4.69) is 5.32 Å². The van der Waals surface area contributed by atoms with Crippen molar-refractivity contribution in [2.24, 2.45) is 0 Å². The maximum atomic E-state index is 13.2. The molecule has 0 radical (unpaired) electrons. The summed E-state index contributed by atoms with van der Waals surface area (Å²) in [5, 5.41) is 2.68. The fourth-order valence-electron chi connectivity index (χ4n) is 3.62. The van der Waals surface area contributed by atoms with E-state index in [1.165, 1.54) is 29.6 Å². The van der Waals surface area contributed by atoms with Crippen molar-refractivity contribution >= 4 is 27.6 Å². The van der Waals surface area contributed by atoms with Crippen LogP contribution in [0.1, 0.15) is 53.3 Å². The lowest BCUT2D eigenvalue weighted by Crippen LogP contribution is -2.32. The highest BCUT2D eigenvalue weighted by Gasteiger charge is 2.27. The second-order valence-corrected chi connectivity index (χ2v) is 9.34. The maximum Gasteiger partial charge on any atom is 0.340 e. The van der Waals surface area contributed by atoms with Crippen LogP contribution in [-0.2, 0) is 14.8 Å². The minimum absolute atomic E-state index is 0.0315. The number of nitrogens with one attached hydrogen (secondary N) is 1. The predicted octanol–water partition coefficient (Wildman–Crippen LogP) is 3.69. The molecule has 1 fully saturated rings. The molecule has 1 amide bonds. The zero-order valence-electron chi connectivity index (χ0n) is 18.3. The van der Waals surface area contributed by atoms with Crippen LogP contribution in [0, 0.1) is 0 Å². The van der Waals surface area contributed by atoms with Gasteiger partial charge in [0.15, 0.2) is 0 Å². The third-order valence-electron chi connectivity index (χ3n) is 5.29. The molecule has 0 atom stereocenters. The number of benzene rings is 2. The van der Waals surface area contributed by atoms with Crippen molar-refractivity contribution in [1.82, 2.24) is 4.31 Å². The summed E-state index contributed by atoms with van der Waals surface area (Å²) in [5.41, 5.74) is 0.524. The molecule has 0 bridgehead atoms. The summed E-state index contributed by atoms with van der Waals surface area (Å²) in [5.74, 6) is -0.926. The lowest BCUT2D eigenvalue weighted by atomic mass is 10.1. The average Bonchev–Trinajstić information content (AvgIpc) is 3.09. The monoisotopic (exact) mass is 460 g/mol. The molecule has 2 aromatic rings. The van der Waals surface area contributed by atoms with Crippen molar-refractivity contribution in [3.8, 4) is 5.75 Å². The fraction of sp³-hybridized carbons (Fsp3) is 0.391. The molecule has 1 N–H and O–H groups in total. The number of hydrogen-bond donors (Lipinski definition) is 1. The first-order chi connectivity index (χ1) is 15.4. The number of esters is 1. The molecule has 1 saturated heterocycles. The number of carbonyl (C=O) groups is 2.